The lowest BCUT2D eigenvalue weighted by Crippen LogP contribution is -2.64. The molecule has 0 amide bonds. The number of carbonyl (C=O) groups is 1. The normalized spacial score (nSPS) is 26.4. The number of likely N-dealkylation sites (N-methyl/N-ethyl adjacent to an activating group) is 1. The summed E-state index contributed by atoms with van der Waals surface area (Å²) in [6.07, 6.45) is 3.39. The Morgan fingerprint density at radius 1 is 1.10 bits per heavy atom. The van der Waals surface area contributed by atoms with Crippen molar-refractivity contribution in [2.45, 2.75) is 18.1 Å². The molecule has 1 aromatic heterocycles. The van der Waals surface area contributed by atoms with Gasteiger partial charge in [0.15, 0.2) is 5.69 Å². The number of piperazine rings is 1. The van der Waals surface area contributed by atoms with E-state index in [1.807, 2.05) is 35.2 Å². The first-order chi connectivity index (χ1) is 14.0. The summed E-state index contributed by atoms with van der Waals surface area (Å²) in [5, 5.41) is 21.1. The third-order valence-electron chi connectivity index (χ3n) is 6.12. The molecule has 2 N–H and O–H groups in total. The van der Waals surface area contributed by atoms with Crippen molar-refractivity contribution in [2.75, 3.05) is 51.2 Å². The van der Waals surface area contributed by atoms with E-state index in [-0.39, 0.29) is 11.7 Å². The van der Waals surface area contributed by atoms with Gasteiger partial charge in [-0.3, -0.25) is 9.88 Å². The summed E-state index contributed by atoms with van der Waals surface area (Å²) in [5.74, 6) is -0.549. The number of anilines is 1. The first-order valence-electron chi connectivity index (χ1n) is 9.98. The average molecular weight is 397 g/mol. The van der Waals surface area contributed by atoms with Crippen LogP contribution in [0, 0.1) is 0 Å². The SMILES string of the molecule is CN1CCN([C@@H]2CN(c3cncc(C(=O)O)n3)CC[C@]2(O)c2ccccc2)CC1. The number of piperidine rings is 1. The van der Waals surface area contributed by atoms with Crippen molar-refractivity contribution in [1.82, 2.24) is 19.8 Å². The molecule has 8 nitrogen and oxygen atoms in total. The van der Waals surface area contributed by atoms with Crippen molar-refractivity contribution in [3.8, 4) is 0 Å². The van der Waals surface area contributed by atoms with E-state index in [1.165, 1.54) is 6.20 Å². The van der Waals surface area contributed by atoms with Crippen molar-refractivity contribution in [1.29, 1.82) is 0 Å². The molecule has 29 heavy (non-hydrogen) atoms. The summed E-state index contributed by atoms with van der Waals surface area (Å²) in [4.78, 5) is 26.3. The number of benzene rings is 1. The maximum atomic E-state index is 11.8. The van der Waals surface area contributed by atoms with E-state index in [4.69, 9.17) is 0 Å². The molecule has 0 bridgehead atoms. The summed E-state index contributed by atoms with van der Waals surface area (Å²) in [6, 6.07) is 9.74. The lowest BCUT2D eigenvalue weighted by Gasteiger charge is -2.51. The van der Waals surface area contributed by atoms with Gasteiger partial charge in [-0.2, -0.15) is 0 Å². The third-order valence-corrected chi connectivity index (χ3v) is 6.12. The Morgan fingerprint density at radius 2 is 1.83 bits per heavy atom. The number of hydrogen-bond acceptors (Lipinski definition) is 7. The number of carboxylic acid groups (broad SMARTS) is 1. The van der Waals surface area contributed by atoms with Gasteiger partial charge >= 0.3 is 5.97 Å². The number of rotatable bonds is 4. The van der Waals surface area contributed by atoms with Gasteiger partial charge in [0.2, 0.25) is 0 Å². The number of aliphatic hydroxyl groups is 1. The third kappa shape index (κ3) is 3.96. The number of nitrogens with zero attached hydrogens (tertiary/aromatic N) is 5. The zero-order valence-corrected chi connectivity index (χ0v) is 16.6. The highest BCUT2D eigenvalue weighted by molar-refractivity contribution is 5.85. The molecule has 2 aliphatic rings. The van der Waals surface area contributed by atoms with E-state index >= 15 is 0 Å². The van der Waals surface area contributed by atoms with E-state index in [0.29, 0.717) is 25.3 Å². The van der Waals surface area contributed by atoms with Gasteiger partial charge in [-0.1, -0.05) is 30.3 Å². The summed E-state index contributed by atoms with van der Waals surface area (Å²) in [6.45, 7) is 4.81. The molecule has 0 aliphatic carbocycles. The van der Waals surface area contributed by atoms with Crippen molar-refractivity contribution in [2.24, 2.45) is 0 Å². The minimum absolute atomic E-state index is 0.0671. The predicted octanol–water partition coefficient (Wildman–Crippen LogP) is 0.889. The topological polar surface area (TPSA) is 93.0 Å². The minimum atomic E-state index is -1.09. The average Bonchev–Trinajstić information content (AvgIpc) is 2.75. The molecule has 8 heteroatoms. The second-order valence-corrected chi connectivity index (χ2v) is 7.91. The Balaban J connectivity index is 1.64. The number of carboxylic acids is 1. The van der Waals surface area contributed by atoms with Crippen LogP contribution in [0.15, 0.2) is 42.7 Å². The maximum Gasteiger partial charge on any atom is 0.356 e. The van der Waals surface area contributed by atoms with E-state index in [1.54, 1.807) is 6.20 Å². The largest absolute Gasteiger partial charge is 0.476 e. The second kappa shape index (κ2) is 8.06. The first kappa shape index (κ1) is 19.8. The zero-order chi connectivity index (χ0) is 20.4. The van der Waals surface area contributed by atoms with Crippen molar-refractivity contribution >= 4 is 11.8 Å². The van der Waals surface area contributed by atoms with Gasteiger partial charge < -0.3 is 20.0 Å². The summed E-state index contributed by atoms with van der Waals surface area (Å²) >= 11 is 0. The molecule has 3 heterocycles. The molecule has 2 aliphatic heterocycles. The highest BCUT2D eigenvalue weighted by atomic mass is 16.4. The second-order valence-electron chi connectivity index (χ2n) is 7.91. The molecular weight excluding hydrogens is 370 g/mol. The molecule has 2 saturated heterocycles. The lowest BCUT2D eigenvalue weighted by atomic mass is 9.79. The molecule has 0 unspecified atom stereocenters. The summed E-state index contributed by atoms with van der Waals surface area (Å²) in [5.41, 5.74) is -0.109. The van der Waals surface area contributed by atoms with Gasteiger partial charge in [0.05, 0.1) is 18.4 Å². The first-order valence-corrected chi connectivity index (χ1v) is 9.98. The molecule has 0 spiro atoms. The monoisotopic (exact) mass is 397 g/mol. The minimum Gasteiger partial charge on any atom is -0.476 e. The van der Waals surface area contributed by atoms with Gasteiger partial charge in [0.25, 0.3) is 0 Å². The van der Waals surface area contributed by atoms with Crippen LogP contribution in [0.25, 0.3) is 0 Å². The van der Waals surface area contributed by atoms with E-state index in [0.717, 1.165) is 31.7 Å². The van der Waals surface area contributed by atoms with Crippen LogP contribution >= 0.6 is 0 Å². The molecule has 0 saturated carbocycles. The molecule has 2 aromatic rings. The van der Waals surface area contributed by atoms with Crippen LogP contribution in [0.5, 0.6) is 0 Å². The Hall–Kier alpha value is -2.55. The van der Waals surface area contributed by atoms with Crippen LogP contribution in [-0.2, 0) is 5.60 Å². The number of aromatic carboxylic acids is 1. The smallest absolute Gasteiger partial charge is 0.356 e. The van der Waals surface area contributed by atoms with Gasteiger partial charge in [-0.05, 0) is 19.0 Å². The fourth-order valence-electron chi connectivity index (χ4n) is 4.36. The fourth-order valence-corrected chi connectivity index (χ4v) is 4.36. The van der Waals surface area contributed by atoms with Crippen molar-refractivity contribution in [3.05, 3.63) is 54.0 Å². The molecule has 2 fully saturated rings. The van der Waals surface area contributed by atoms with Crippen LogP contribution in [0.2, 0.25) is 0 Å². The van der Waals surface area contributed by atoms with E-state index in [9.17, 15) is 15.0 Å². The van der Waals surface area contributed by atoms with Gasteiger partial charge in [-0.15, -0.1) is 0 Å². The highest BCUT2D eigenvalue weighted by Crippen LogP contribution is 2.37. The Morgan fingerprint density at radius 3 is 2.52 bits per heavy atom. The fraction of sp³-hybridized carbons (Fsp3) is 0.476. The molecule has 2 atom stereocenters. The standard InChI is InChI=1S/C21H27N5O3/c1-24-9-11-25(12-10-24)18-15-26(19-14-22-13-17(23-19)20(27)28)8-7-21(18,29)16-5-3-2-4-6-16/h2-6,13-14,18,29H,7-12,15H2,1H3,(H,27,28)/t18-,21+/m1/s1. The summed E-state index contributed by atoms with van der Waals surface area (Å²) in [7, 11) is 2.11. The summed E-state index contributed by atoms with van der Waals surface area (Å²) < 4.78 is 0. The Kier molecular flexibility index (Phi) is 5.49. The zero-order valence-electron chi connectivity index (χ0n) is 16.6. The maximum absolute atomic E-state index is 11.8. The van der Waals surface area contributed by atoms with Crippen LogP contribution in [0.1, 0.15) is 22.5 Å². The van der Waals surface area contributed by atoms with Crippen LogP contribution < -0.4 is 4.90 Å². The molecule has 0 radical (unpaired) electrons. The highest BCUT2D eigenvalue weighted by Gasteiger charge is 2.46. The van der Waals surface area contributed by atoms with Gasteiger partial charge in [-0.25, -0.2) is 9.78 Å². The molecule has 4 rings (SSSR count). The number of hydrogen-bond donors (Lipinski definition) is 2. The van der Waals surface area contributed by atoms with Crippen molar-refractivity contribution in [3.63, 3.8) is 0 Å². The van der Waals surface area contributed by atoms with Gasteiger partial charge in [0.1, 0.15) is 11.4 Å². The predicted molar refractivity (Wildman–Crippen MR) is 109 cm³/mol. The van der Waals surface area contributed by atoms with E-state index in [2.05, 4.69) is 26.8 Å². The number of aromatic nitrogens is 2. The molecule has 154 valence electrons. The molecule has 1 aromatic carbocycles. The van der Waals surface area contributed by atoms with Crippen LogP contribution in [0.4, 0.5) is 5.82 Å². The Bertz CT molecular complexity index is 856. The molecular formula is C21H27N5O3. The quantitative estimate of drug-likeness (QED) is 0.786. The van der Waals surface area contributed by atoms with Crippen molar-refractivity contribution < 1.29 is 15.0 Å². The lowest BCUT2D eigenvalue weighted by molar-refractivity contribution is -0.0757. The van der Waals surface area contributed by atoms with E-state index < -0.39 is 11.6 Å². The van der Waals surface area contributed by atoms with Crippen LogP contribution in [-0.4, -0.2) is 88.3 Å². The Labute approximate surface area is 170 Å². The van der Waals surface area contributed by atoms with Crippen LogP contribution in [0.3, 0.4) is 0 Å². The van der Waals surface area contributed by atoms with Gasteiger partial charge in [0, 0.05) is 39.3 Å².